The summed E-state index contributed by atoms with van der Waals surface area (Å²) in [4.78, 5) is 77.1. The molecule has 1 saturated heterocycles. The fourth-order valence-electron chi connectivity index (χ4n) is 9.25. The second-order valence-electron chi connectivity index (χ2n) is 14.8. The lowest BCUT2D eigenvalue weighted by atomic mass is 9.54. The van der Waals surface area contributed by atoms with Crippen LogP contribution in [0, 0.1) is 11.3 Å². The summed E-state index contributed by atoms with van der Waals surface area (Å²) < 4.78 is 28.4. The molecule has 4 heterocycles. The van der Waals surface area contributed by atoms with Crippen molar-refractivity contribution in [3.05, 3.63) is 99.1 Å². The van der Waals surface area contributed by atoms with Gasteiger partial charge in [0.15, 0.2) is 17.1 Å². The third kappa shape index (κ3) is 5.45. The number of cyclic esters (lactones) is 1. The lowest BCUT2D eigenvalue weighted by molar-refractivity contribution is -0.149. The topological polar surface area (TPSA) is 160 Å². The fourth-order valence-corrected chi connectivity index (χ4v) is 9.25. The zero-order valence-electron chi connectivity index (χ0n) is 30.2. The lowest BCUT2D eigenvalue weighted by Gasteiger charge is -2.51. The summed E-state index contributed by atoms with van der Waals surface area (Å²) >= 11 is 0. The number of hydrogen-bond acceptors (Lipinski definition) is 12. The molecule has 9 rings (SSSR count). The maximum absolute atomic E-state index is 13.7. The van der Waals surface area contributed by atoms with Crippen LogP contribution in [0.5, 0.6) is 0 Å². The highest BCUT2D eigenvalue weighted by Gasteiger charge is 2.64. The molecule has 12 nitrogen and oxygen atoms in total. The predicted molar refractivity (Wildman–Crippen MR) is 194 cm³/mol. The highest BCUT2D eigenvalue weighted by Crippen LogP contribution is 2.61. The quantitative estimate of drug-likeness (QED) is 0.180. The molecule has 2 fully saturated rings. The van der Waals surface area contributed by atoms with E-state index in [0.29, 0.717) is 65.9 Å². The first kappa shape index (κ1) is 35.4. The standard InChI is InChI=1S/C23H22O8.C19H17NO3/c1-10(25)30-13-8-22(2)12(4-5-14(22)26)16-18(13)23(3)15(6-7-24)31-21(28)11-9-29-20(17(11)23)19(16)27;21-17-13-18(20-9-11-22-12-10-20)23-19-15(7-4-8-16(17)19)14-5-2-1-3-6-14/h7,9,12-13,15H,4-6,8H2,1-3H3;1-8,13H,9-12H2/t12?,13-,15-,22+,23+;/m1./s1. The van der Waals surface area contributed by atoms with Crippen molar-refractivity contribution in [2.45, 2.75) is 64.1 Å². The minimum Gasteiger partial charge on any atom is -0.460 e. The van der Waals surface area contributed by atoms with Gasteiger partial charge in [0, 0.05) is 73.4 Å². The molecule has 2 aliphatic heterocycles. The van der Waals surface area contributed by atoms with Crippen LogP contribution >= 0.6 is 0 Å². The predicted octanol–water partition coefficient (Wildman–Crippen LogP) is 5.78. The van der Waals surface area contributed by atoms with Gasteiger partial charge in [0.05, 0.1) is 24.0 Å². The van der Waals surface area contributed by atoms with Crippen LogP contribution in [0.2, 0.25) is 0 Å². The molecule has 2 aromatic carbocycles. The Morgan fingerprint density at radius 3 is 2.48 bits per heavy atom. The number of furan rings is 1. The number of para-hydroxylation sites is 1. The number of carbonyl (C=O) groups is 5. The van der Waals surface area contributed by atoms with Crippen molar-refractivity contribution in [2.75, 3.05) is 31.2 Å². The van der Waals surface area contributed by atoms with Gasteiger partial charge in [-0.05, 0) is 30.5 Å². The van der Waals surface area contributed by atoms with Crippen LogP contribution in [0.1, 0.15) is 72.9 Å². The summed E-state index contributed by atoms with van der Waals surface area (Å²) in [6, 6.07) is 17.3. The first-order chi connectivity index (χ1) is 26.0. The van der Waals surface area contributed by atoms with Crippen molar-refractivity contribution >= 4 is 46.6 Å². The molecule has 1 saturated carbocycles. The first-order valence-electron chi connectivity index (χ1n) is 18.2. The van der Waals surface area contributed by atoms with Crippen LogP contribution in [0.4, 0.5) is 5.88 Å². The smallest absolute Gasteiger partial charge is 0.342 e. The van der Waals surface area contributed by atoms with Gasteiger partial charge in [-0.15, -0.1) is 0 Å². The van der Waals surface area contributed by atoms with E-state index in [1.54, 1.807) is 13.0 Å². The Balaban J connectivity index is 0.000000160. The minimum atomic E-state index is -1.09. The summed E-state index contributed by atoms with van der Waals surface area (Å²) in [6.45, 7) is 7.67. The lowest BCUT2D eigenvalue weighted by Crippen LogP contribution is -2.56. The van der Waals surface area contributed by atoms with Gasteiger partial charge in [0.2, 0.25) is 5.78 Å². The summed E-state index contributed by atoms with van der Waals surface area (Å²) in [6.07, 6.45) is 1.11. The number of carbonyl (C=O) groups excluding carboxylic acids is 5. The van der Waals surface area contributed by atoms with Gasteiger partial charge in [-0.2, -0.15) is 0 Å². The van der Waals surface area contributed by atoms with E-state index >= 15 is 0 Å². The Kier molecular flexibility index (Phi) is 8.75. The number of fused-ring (bicyclic) bond motifs is 4. The monoisotopic (exact) mass is 733 g/mol. The third-order valence-electron chi connectivity index (χ3n) is 11.8. The van der Waals surface area contributed by atoms with E-state index in [0.717, 1.165) is 24.2 Å². The van der Waals surface area contributed by atoms with E-state index in [1.165, 1.54) is 13.2 Å². The van der Waals surface area contributed by atoms with Crippen LogP contribution in [-0.2, 0) is 34.0 Å². The van der Waals surface area contributed by atoms with Crippen molar-refractivity contribution in [1.82, 2.24) is 0 Å². The molecule has 12 heteroatoms. The average Bonchev–Trinajstić information content (AvgIpc) is 3.75. The number of rotatable bonds is 5. The van der Waals surface area contributed by atoms with E-state index in [1.807, 2.05) is 55.5 Å². The minimum absolute atomic E-state index is 0.00878. The number of nitrogens with zero attached hydrogens (tertiary/aromatic N) is 1. The maximum atomic E-state index is 13.7. The zero-order valence-corrected chi connectivity index (χ0v) is 30.2. The number of Topliss-reactive ketones (excluding diaryl/α,β-unsaturated/α-hetero) is 2. The van der Waals surface area contributed by atoms with Crippen molar-refractivity contribution in [3.63, 3.8) is 0 Å². The van der Waals surface area contributed by atoms with Gasteiger partial charge >= 0.3 is 11.9 Å². The van der Waals surface area contributed by atoms with Crippen LogP contribution in [0.15, 0.2) is 85.6 Å². The molecule has 0 N–H and O–H groups in total. The molecule has 4 aromatic rings. The number of esters is 2. The second-order valence-corrected chi connectivity index (χ2v) is 14.8. The van der Waals surface area contributed by atoms with Gasteiger partial charge in [-0.25, -0.2) is 4.79 Å². The number of hydrogen-bond donors (Lipinski definition) is 0. The van der Waals surface area contributed by atoms with E-state index in [-0.39, 0.29) is 41.3 Å². The van der Waals surface area contributed by atoms with Gasteiger partial charge in [0.1, 0.15) is 41.7 Å². The van der Waals surface area contributed by atoms with Crippen molar-refractivity contribution in [2.24, 2.45) is 11.3 Å². The number of anilines is 1. The average molecular weight is 734 g/mol. The third-order valence-corrected chi connectivity index (χ3v) is 11.8. The van der Waals surface area contributed by atoms with Crippen LogP contribution in [-0.4, -0.2) is 68.3 Å². The first-order valence-corrected chi connectivity index (χ1v) is 18.2. The Morgan fingerprint density at radius 1 is 1.00 bits per heavy atom. The molecular weight excluding hydrogens is 694 g/mol. The normalized spacial score (nSPS) is 27.0. The van der Waals surface area contributed by atoms with E-state index < -0.39 is 40.8 Å². The zero-order chi connectivity index (χ0) is 37.9. The number of morpholine rings is 1. The second kappa shape index (κ2) is 13.3. The Bertz CT molecular complexity index is 2310. The maximum Gasteiger partial charge on any atom is 0.342 e. The molecule has 0 spiro atoms. The SMILES string of the molecule is CC(=O)O[C@@H]1C[C@]2(C)C(=O)CCC2C2=C1[C@]1(C)c3c(coc3C2=O)C(=O)O[C@@H]1CC=O.O=c1cc(N2CCOCC2)oc2c(-c3ccccc3)cccc12. The molecule has 0 radical (unpaired) electrons. The fraction of sp³-hybridized carbons (Fsp3) is 0.381. The van der Waals surface area contributed by atoms with Crippen LogP contribution < -0.4 is 10.3 Å². The number of ether oxygens (including phenoxy) is 3. The molecule has 1 unspecified atom stereocenters. The van der Waals surface area contributed by atoms with Gasteiger partial charge in [-0.1, -0.05) is 49.4 Å². The molecule has 5 aliphatic rings. The highest BCUT2D eigenvalue weighted by molar-refractivity contribution is 6.14. The molecule has 0 amide bonds. The Labute approximate surface area is 310 Å². The summed E-state index contributed by atoms with van der Waals surface area (Å²) in [5.74, 6) is -1.27. The molecule has 2 aromatic heterocycles. The summed E-state index contributed by atoms with van der Waals surface area (Å²) in [5.41, 5.74) is 2.12. The van der Waals surface area contributed by atoms with Crippen molar-refractivity contribution in [3.8, 4) is 11.1 Å². The summed E-state index contributed by atoms with van der Waals surface area (Å²) in [5, 5.41) is 0.614. The molecule has 0 bridgehead atoms. The number of benzene rings is 2. The summed E-state index contributed by atoms with van der Waals surface area (Å²) in [7, 11) is 0. The van der Waals surface area contributed by atoms with Crippen LogP contribution in [0.3, 0.4) is 0 Å². The highest BCUT2D eigenvalue weighted by atomic mass is 16.6. The van der Waals surface area contributed by atoms with Crippen LogP contribution in [0.25, 0.3) is 22.1 Å². The van der Waals surface area contributed by atoms with E-state index in [9.17, 15) is 28.8 Å². The van der Waals surface area contributed by atoms with Gasteiger partial charge < -0.3 is 32.7 Å². The Hall–Kier alpha value is -5.62. The number of ketones is 2. The number of aldehydes is 1. The molecule has 278 valence electrons. The molecular formula is C42H39NO11. The molecule has 5 atom stereocenters. The van der Waals surface area contributed by atoms with E-state index in [4.69, 9.17) is 23.0 Å². The molecule has 54 heavy (non-hydrogen) atoms. The number of allylic oxidation sites excluding steroid dienone is 1. The van der Waals surface area contributed by atoms with Gasteiger partial charge in [0.25, 0.3) is 0 Å². The van der Waals surface area contributed by atoms with Crippen molar-refractivity contribution in [1.29, 1.82) is 0 Å². The molecule has 3 aliphatic carbocycles. The van der Waals surface area contributed by atoms with Gasteiger partial charge in [-0.3, -0.25) is 19.2 Å². The van der Waals surface area contributed by atoms with Crippen molar-refractivity contribution < 1.29 is 47.0 Å². The van der Waals surface area contributed by atoms with E-state index in [2.05, 4.69) is 4.90 Å². The Morgan fingerprint density at radius 2 is 1.76 bits per heavy atom. The largest absolute Gasteiger partial charge is 0.460 e.